The zero-order valence-corrected chi connectivity index (χ0v) is 17.8. The molecule has 0 saturated carbocycles. The Morgan fingerprint density at radius 1 is 1.13 bits per heavy atom. The Kier molecular flexibility index (Phi) is 6.05. The van der Waals surface area contributed by atoms with Gasteiger partial charge in [-0.2, -0.15) is 0 Å². The molecule has 1 heterocycles. The third-order valence-electron chi connectivity index (χ3n) is 5.59. The van der Waals surface area contributed by atoms with Crippen molar-refractivity contribution in [3.63, 3.8) is 0 Å². The van der Waals surface area contributed by atoms with Gasteiger partial charge in [0.05, 0.1) is 12.0 Å². The van der Waals surface area contributed by atoms with Gasteiger partial charge in [0.25, 0.3) is 0 Å². The first-order chi connectivity index (χ1) is 15.0. The van der Waals surface area contributed by atoms with Crippen LogP contribution in [0.4, 0.5) is 10.1 Å². The van der Waals surface area contributed by atoms with Crippen LogP contribution in [-0.4, -0.2) is 23.3 Å². The molecule has 3 aromatic carbocycles. The highest BCUT2D eigenvalue weighted by Crippen LogP contribution is 2.39. The second-order valence-electron chi connectivity index (χ2n) is 7.57. The fourth-order valence-corrected chi connectivity index (χ4v) is 4.31. The van der Waals surface area contributed by atoms with E-state index in [1.165, 1.54) is 12.1 Å². The fourth-order valence-electron chi connectivity index (χ4n) is 4.13. The lowest BCUT2D eigenvalue weighted by atomic mass is 9.91. The molecular formula is C25H22ClFN2O2. The maximum atomic E-state index is 13.8. The van der Waals surface area contributed by atoms with Gasteiger partial charge in [0.15, 0.2) is 0 Å². The molecule has 0 fully saturated rings. The van der Waals surface area contributed by atoms with Gasteiger partial charge in [-0.1, -0.05) is 61.0 Å². The van der Waals surface area contributed by atoms with Crippen LogP contribution >= 0.6 is 11.6 Å². The summed E-state index contributed by atoms with van der Waals surface area (Å²) in [4.78, 5) is 28.1. The molecule has 158 valence electrons. The summed E-state index contributed by atoms with van der Waals surface area (Å²) in [5, 5.41) is 3.37. The number of anilines is 1. The van der Waals surface area contributed by atoms with Gasteiger partial charge < -0.3 is 10.2 Å². The number of rotatable bonds is 4. The summed E-state index contributed by atoms with van der Waals surface area (Å²) in [5.41, 5.74) is 2.88. The van der Waals surface area contributed by atoms with Gasteiger partial charge in [-0.3, -0.25) is 9.59 Å². The average molecular weight is 437 g/mol. The van der Waals surface area contributed by atoms with Crippen LogP contribution in [0, 0.1) is 5.82 Å². The zero-order chi connectivity index (χ0) is 22.0. The molecule has 31 heavy (non-hydrogen) atoms. The van der Waals surface area contributed by atoms with Crippen molar-refractivity contribution in [1.29, 1.82) is 0 Å². The first kappa shape index (κ1) is 21.1. The van der Waals surface area contributed by atoms with Crippen molar-refractivity contribution in [2.24, 2.45) is 0 Å². The number of amides is 2. The third kappa shape index (κ3) is 4.32. The average Bonchev–Trinajstić information content (AvgIpc) is 2.91. The first-order valence-electron chi connectivity index (χ1n) is 10.2. The van der Waals surface area contributed by atoms with E-state index < -0.39 is 12.0 Å². The van der Waals surface area contributed by atoms with Crippen molar-refractivity contribution >= 4 is 29.1 Å². The van der Waals surface area contributed by atoms with Crippen LogP contribution in [0.1, 0.15) is 42.0 Å². The standard InChI is InChI=1S/C25H22ClFN2O2/c1-2-20(16-6-4-3-5-7-16)25(31)29-15-23(30)28-22-13-10-18(26)14-21(22)24(29)17-8-11-19(27)12-9-17/h3-14,20,24H,2,15H2,1H3,(H,28,30)/t20-,24+/m0/s1. The van der Waals surface area contributed by atoms with Crippen molar-refractivity contribution in [3.05, 3.63) is 100 Å². The molecule has 0 aromatic heterocycles. The maximum absolute atomic E-state index is 13.8. The summed E-state index contributed by atoms with van der Waals surface area (Å²) in [5.74, 6) is -1.22. The van der Waals surface area contributed by atoms with Crippen molar-refractivity contribution in [2.45, 2.75) is 25.3 Å². The molecule has 1 N–H and O–H groups in total. The summed E-state index contributed by atoms with van der Waals surface area (Å²) in [6.45, 7) is 1.84. The highest BCUT2D eigenvalue weighted by Gasteiger charge is 2.36. The third-order valence-corrected chi connectivity index (χ3v) is 5.82. The topological polar surface area (TPSA) is 49.4 Å². The van der Waals surface area contributed by atoms with Crippen LogP contribution in [0.25, 0.3) is 0 Å². The lowest BCUT2D eigenvalue weighted by Gasteiger charge is -2.33. The number of hydrogen-bond acceptors (Lipinski definition) is 2. The first-order valence-corrected chi connectivity index (χ1v) is 10.6. The summed E-state index contributed by atoms with van der Waals surface area (Å²) in [6.07, 6.45) is 0.583. The minimum absolute atomic E-state index is 0.115. The van der Waals surface area contributed by atoms with E-state index in [4.69, 9.17) is 11.6 Å². The molecule has 0 bridgehead atoms. The Labute approximate surface area is 185 Å². The van der Waals surface area contributed by atoms with Gasteiger partial charge in [-0.05, 0) is 47.9 Å². The maximum Gasteiger partial charge on any atom is 0.244 e. The monoisotopic (exact) mass is 436 g/mol. The summed E-state index contributed by atoms with van der Waals surface area (Å²) in [7, 11) is 0. The highest BCUT2D eigenvalue weighted by atomic mass is 35.5. The summed E-state index contributed by atoms with van der Waals surface area (Å²) in [6, 6.07) is 20.1. The molecule has 0 unspecified atom stereocenters. The molecule has 0 spiro atoms. The highest BCUT2D eigenvalue weighted by molar-refractivity contribution is 6.30. The summed E-state index contributed by atoms with van der Waals surface area (Å²) >= 11 is 6.28. The van der Waals surface area contributed by atoms with Gasteiger partial charge in [-0.25, -0.2) is 4.39 Å². The second-order valence-corrected chi connectivity index (χ2v) is 8.01. The van der Waals surface area contributed by atoms with E-state index in [-0.39, 0.29) is 24.2 Å². The number of fused-ring (bicyclic) bond motifs is 1. The molecule has 1 aliphatic heterocycles. The fraction of sp³-hybridized carbons (Fsp3) is 0.200. The Hall–Kier alpha value is -3.18. The van der Waals surface area contributed by atoms with Crippen molar-refractivity contribution < 1.29 is 14.0 Å². The van der Waals surface area contributed by atoms with E-state index in [0.29, 0.717) is 28.3 Å². The predicted octanol–water partition coefficient (Wildman–Crippen LogP) is 5.54. The number of halogens is 2. The second kappa shape index (κ2) is 8.90. The number of carbonyl (C=O) groups is 2. The van der Waals surface area contributed by atoms with Gasteiger partial charge >= 0.3 is 0 Å². The molecule has 4 rings (SSSR count). The Bertz CT molecular complexity index is 1100. The minimum Gasteiger partial charge on any atom is -0.324 e. The van der Waals surface area contributed by atoms with Crippen molar-refractivity contribution in [2.75, 3.05) is 11.9 Å². The van der Waals surface area contributed by atoms with Gasteiger partial charge in [-0.15, -0.1) is 0 Å². The predicted molar refractivity (Wildman–Crippen MR) is 120 cm³/mol. The number of nitrogens with zero attached hydrogens (tertiary/aromatic N) is 1. The molecule has 1 aliphatic rings. The number of benzene rings is 3. The minimum atomic E-state index is -0.585. The number of hydrogen-bond donors (Lipinski definition) is 1. The van der Waals surface area contributed by atoms with Gasteiger partial charge in [0, 0.05) is 16.3 Å². The quantitative estimate of drug-likeness (QED) is 0.583. The SMILES string of the molecule is CC[C@H](C(=O)N1CC(=O)Nc2ccc(Cl)cc2[C@H]1c1ccc(F)cc1)c1ccccc1. The van der Waals surface area contributed by atoms with Crippen molar-refractivity contribution in [1.82, 2.24) is 4.90 Å². The van der Waals surface area contributed by atoms with Crippen LogP contribution in [-0.2, 0) is 9.59 Å². The van der Waals surface area contributed by atoms with Crippen LogP contribution in [0.15, 0.2) is 72.8 Å². The molecule has 2 atom stereocenters. The van der Waals surface area contributed by atoms with Crippen LogP contribution in [0.2, 0.25) is 5.02 Å². The molecule has 4 nitrogen and oxygen atoms in total. The number of carbonyl (C=O) groups excluding carboxylic acids is 2. The molecule has 3 aromatic rings. The van der Waals surface area contributed by atoms with E-state index in [1.807, 2.05) is 37.3 Å². The largest absolute Gasteiger partial charge is 0.324 e. The van der Waals surface area contributed by atoms with E-state index >= 15 is 0 Å². The summed E-state index contributed by atoms with van der Waals surface area (Å²) < 4.78 is 13.6. The smallest absolute Gasteiger partial charge is 0.244 e. The molecule has 0 saturated heterocycles. The Morgan fingerprint density at radius 3 is 2.52 bits per heavy atom. The zero-order valence-electron chi connectivity index (χ0n) is 17.0. The lowest BCUT2D eigenvalue weighted by molar-refractivity contribution is -0.137. The molecular weight excluding hydrogens is 415 g/mol. The molecule has 2 amide bonds. The lowest BCUT2D eigenvalue weighted by Crippen LogP contribution is -2.41. The molecule has 0 aliphatic carbocycles. The van der Waals surface area contributed by atoms with Gasteiger partial charge in [0.1, 0.15) is 12.4 Å². The van der Waals surface area contributed by atoms with E-state index in [0.717, 1.165) is 5.56 Å². The van der Waals surface area contributed by atoms with Crippen LogP contribution in [0.5, 0.6) is 0 Å². The van der Waals surface area contributed by atoms with Crippen molar-refractivity contribution in [3.8, 4) is 0 Å². The van der Waals surface area contributed by atoms with E-state index in [9.17, 15) is 14.0 Å². The molecule has 0 radical (unpaired) electrons. The van der Waals surface area contributed by atoms with E-state index in [2.05, 4.69) is 5.32 Å². The van der Waals surface area contributed by atoms with Gasteiger partial charge in [0.2, 0.25) is 11.8 Å². The normalized spacial score (nSPS) is 16.8. The number of nitrogens with one attached hydrogen (secondary N) is 1. The van der Waals surface area contributed by atoms with Crippen LogP contribution in [0.3, 0.4) is 0 Å². The Balaban J connectivity index is 1.86. The van der Waals surface area contributed by atoms with E-state index in [1.54, 1.807) is 35.2 Å². The Morgan fingerprint density at radius 2 is 1.84 bits per heavy atom. The molecule has 6 heteroatoms. The van der Waals surface area contributed by atoms with Crippen LogP contribution < -0.4 is 5.32 Å².